The van der Waals surface area contributed by atoms with Gasteiger partial charge in [0.1, 0.15) is 11.6 Å². The molecule has 2 aromatic heterocycles. The Labute approximate surface area is 253 Å². The first-order valence-electron chi connectivity index (χ1n) is 14.0. The number of thiol groups is 1. The minimum Gasteiger partial charge on any atom is -0.476 e. The molecular weight excluding hydrogens is 591 g/mol. The molecule has 1 fully saturated rings. The molecule has 0 radical (unpaired) electrons. The summed E-state index contributed by atoms with van der Waals surface area (Å²) in [4.78, 5) is 15.9. The third-order valence-corrected chi connectivity index (χ3v) is 9.81. The topological polar surface area (TPSA) is 111 Å². The molecule has 2 aromatic carbocycles. The Hall–Kier alpha value is -3.98. The highest BCUT2D eigenvalue weighted by Gasteiger charge is 2.29. The number of rotatable bonds is 8. The van der Waals surface area contributed by atoms with Gasteiger partial charge < -0.3 is 5.11 Å². The Balaban J connectivity index is 1.50. The smallest absolute Gasteiger partial charge is 0.355 e. The largest absolute Gasteiger partial charge is 0.476 e. The van der Waals surface area contributed by atoms with Crippen molar-refractivity contribution in [3.8, 4) is 28.2 Å². The molecule has 0 aliphatic heterocycles. The van der Waals surface area contributed by atoms with Crippen molar-refractivity contribution < 1.29 is 22.9 Å². The Kier molecular flexibility index (Phi) is 7.85. The monoisotopic (exact) mass is 620 g/mol. The molecular formula is C32H30F2N4O3S2. The van der Waals surface area contributed by atoms with Gasteiger partial charge in [0, 0.05) is 29.2 Å². The molecule has 7 nitrogen and oxygen atoms in total. The number of halogens is 2. The molecule has 2 heterocycles. The van der Waals surface area contributed by atoms with Crippen molar-refractivity contribution in [1.29, 1.82) is 0 Å². The number of hydrogen-bond donors (Lipinski definition) is 3. The van der Waals surface area contributed by atoms with Crippen LogP contribution in [0.5, 0.6) is 0 Å². The summed E-state index contributed by atoms with van der Waals surface area (Å²) in [6.07, 6.45) is 9.33. The van der Waals surface area contributed by atoms with Gasteiger partial charge in [-0.3, -0.25) is 9.35 Å². The highest BCUT2D eigenvalue weighted by Crippen LogP contribution is 2.38. The number of thiazole rings is 1. The Morgan fingerprint density at radius 1 is 1.19 bits per heavy atom. The summed E-state index contributed by atoms with van der Waals surface area (Å²) in [5.41, 5.74) is 4.59. The SMILES string of the molecule is C[SH](N)(=O)c1ccc(Cc2c(-c3ccc(F)c(C#CC4=CCCC4)c3)nn(-c3nc(C(=O)O)cs3)c2CC2CC2)cc1F. The van der Waals surface area contributed by atoms with Crippen LogP contribution in [0, 0.1) is 29.4 Å². The summed E-state index contributed by atoms with van der Waals surface area (Å²) in [6.45, 7) is 0. The molecule has 43 heavy (non-hydrogen) atoms. The van der Waals surface area contributed by atoms with Crippen molar-refractivity contribution in [3.63, 3.8) is 0 Å². The lowest BCUT2D eigenvalue weighted by molar-refractivity contribution is 0.0691. The third-order valence-electron chi connectivity index (χ3n) is 7.67. The van der Waals surface area contributed by atoms with Gasteiger partial charge in [0.05, 0.1) is 21.8 Å². The molecule has 11 heteroatoms. The van der Waals surface area contributed by atoms with E-state index in [4.69, 9.17) is 10.2 Å². The second-order valence-electron chi connectivity index (χ2n) is 11.2. The number of allylic oxidation sites excluding steroid dienone is 2. The number of benzene rings is 2. The van der Waals surface area contributed by atoms with Gasteiger partial charge in [-0.2, -0.15) is 5.10 Å². The van der Waals surface area contributed by atoms with Crippen LogP contribution >= 0.6 is 11.3 Å². The number of hydrogen-bond acceptors (Lipinski definition) is 5. The van der Waals surface area contributed by atoms with Crippen molar-refractivity contribution in [1.82, 2.24) is 14.8 Å². The van der Waals surface area contributed by atoms with Crippen LogP contribution in [0.1, 0.15) is 65.0 Å². The van der Waals surface area contributed by atoms with Crippen LogP contribution in [0.3, 0.4) is 0 Å². The van der Waals surface area contributed by atoms with Crippen molar-refractivity contribution in [2.24, 2.45) is 11.1 Å². The van der Waals surface area contributed by atoms with Crippen molar-refractivity contribution in [2.45, 2.75) is 49.8 Å². The molecule has 1 saturated carbocycles. The number of carbonyl (C=O) groups is 1. The van der Waals surface area contributed by atoms with E-state index in [1.54, 1.807) is 22.9 Å². The van der Waals surface area contributed by atoms with E-state index in [-0.39, 0.29) is 22.6 Å². The standard InChI is InChI=1S/C32H30F2N4O3S2/c1-43(35,41)29-13-9-21(15-26(29)34)14-24-28(16-20-6-7-20)38(32-36-27(18-42-32)31(39)40)37-30(24)23-11-12-25(33)22(17-23)10-8-19-4-2-3-5-19/h4,9,11-13,15,17-18,20,43H,2-3,5-7,14,16H2,1H3,(H2,35,41)(H,39,40). The lowest BCUT2D eigenvalue weighted by Crippen LogP contribution is -2.22. The van der Waals surface area contributed by atoms with E-state index in [1.165, 1.54) is 41.2 Å². The van der Waals surface area contributed by atoms with Gasteiger partial charge in [0.15, 0.2) is 5.69 Å². The molecule has 2 aliphatic carbocycles. The van der Waals surface area contributed by atoms with Crippen molar-refractivity contribution in [2.75, 3.05) is 6.26 Å². The lowest BCUT2D eigenvalue weighted by atomic mass is 9.96. The molecule has 2 aliphatic rings. The van der Waals surface area contributed by atoms with Crippen LogP contribution in [-0.2, 0) is 23.0 Å². The molecule has 0 saturated heterocycles. The Morgan fingerprint density at radius 3 is 2.65 bits per heavy atom. The molecule has 6 rings (SSSR count). The Morgan fingerprint density at radius 2 is 2.00 bits per heavy atom. The van der Waals surface area contributed by atoms with Gasteiger partial charge in [0.2, 0.25) is 5.13 Å². The molecule has 3 N–H and O–H groups in total. The average Bonchev–Trinajstić information content (AvgIpc) is 3.30. The molecule has 4 aromatic rings. The van der Waals surface area contributed by atoms with E-state index in [1.807, 2.05) is 0 Å². The zero-order chi connectivity index (χ0) is 30.3. The normalized spacial score (nSPS) is 15.2. The average molecular weight is 621 g/mol. The summed E-state index contributed by atoms with van der Waals surface area (Å²) in [7, 11) is -3.30. The van der Waals surface area contributed by atoms with Crippen molar-refractivity contribution in [3.05, 3.63) is 93.1 Å². The highest BCUT2D eigenvalue weighted by atomic mass is 32.3. The maximum atomic E-state index is 15.1. The number of nitrogens with zero attached hydrogens (tertiary/aromatic N) is 3. The van der Waals surface area contributed by atoms with Gasteiger partial charge in [0.25, 0.3) is 0 Å². The van der Waals surface area contributed by atoms with Crippen LogP contribution in [0.15, 0.2) is 58.3 Å². The minimum atomic E-state index is -3.30. The van der Waals surface area contributed by atoms with Gasteiger partial charge in [-0.1, -0.05) is 24.0 Å². The predicted octanol–water partition coefficient (Wildman–Crippen LogP) is 5.86. The summed E-state index contributed by atoms with van der Waals surface area (Å²) < 4.78 is 44.0. The fraction of sp³-hybridized carbons (Fsp3) is 0.281. The molecule has 222 valence electrons. The minimum absolute atomic E-state index is 0.0199. The van der Waals surface area contributed by atoms with Crippen LogP contribution in [0.2, 0.25) is 0 Å². The first kappa shape index (κ1) is 29.1. The first-order chi connectivity index (χ1) is 20.6. The fourth-order valence-electron chi connectivity index (χ4n) is 5.25. The van der Waals surface area contributed by atoms with Crippen LogP contribution in [-0.4, -0.2) is 36.3 Å². The van der Waals surface area contributed by atoms with Gasteiger partial charge in [-0.05, 0) is 96.0 Å². The third kappa shape index (κ3) is 6.37. The highest BCUT2D eigenvalue weighted by molar-refractivity contribution is 8.00. The molecule has 0 unspecified atom stereocenters. The van der Waals surface area contributed by atoms with Crippen LogP contribution in [0.4, 0.5) is 8.78 Å². The number of aromatic nitrogens is 3. The van der Waals surface area contributed by atoms with E-state index >= 15 is 4.39 Å². The number of carboxylic acids is 1. The summed E-state index contributed by atoms with van der Waals surface area (Å²) in [5, 5.41) is 22.0. The maximum Gasteiger partial charge on any atom is 0.355 e. The fourth-order valence-corrected chi connectivity index (χ4v) is 6.88. The van der Waals surface area contributed by atoms with E-state index in [9.17, 15) is 18.5 Å². The van der Waals surface area contributed by atoms with Gasteiger partial charge >= 0.3 is 5.97 Å². The molecule has 0 bridgehead atoms. The first-order valence-corrected chi connectivity index (χ1v) is 17.1. The zero-order valence-corrected chi connectivity index (χ0v) is 25.2. The second-order valence-corrected chi connectivity index (χ2v) is 14.5. The van der Waals surface area contributed by atoms with E-state index in [0.29, 0.717) is 34.3 Å². The number of aromatic carboxylic acids is 1. The quantitative estimate of drug-likeness (QED) is 0.169. The number of nitrogens with two attached hydrogens (primary N) is 1. The molecule has 0 spiro atoms. The zero-order valence-electron chi connectivity index (χ0n) is 23.4. The Bertz CT molecular complexity index is 1890. The predicted molar refractivity (Wildman–Crippen MR) is 164 cm³/mol. The van der Waals surface area contributed by atoms with Crippen LogP contribution < -0.4 is 5.14 Å². The van der Waals surface area contributed by atoms with Crippen molar-refractivity contribution >= 4 is 27.4 Å². The maximum absolute atomic E-state index is 15.1. The molecule has 0 atom stereocenters. The molecule has 0 amide bonds. The van der Waals surface area contributed by atoms with E-state index in [0.717, 1.165) is 48.9 Å². The number of carboxylic acid groups (broad SMARTS) is 1. The summed E-state index contributed by atoms with van der Waals surface area (Å²) in [5.74, 6) is 4.28. The second kappa shape index (κ2) is 11.6. The van der Waals surface area contributed by atoms with Crippen LogP contribution in [0.25, 0.3) is 16.4 Å². The lowest BCUT2D eigenvalue weighted by Gasteiger charge is -2.15. The summed E-state index contributed by atoms with van der Waals surface area (Å²) in [6, 6.07) is 9.17. The van der Waals surface area contributed by atoms with E-state index < -0.39 is 27.7 Å². The van der Waals surface area contributed by atoms with Gasteiger partial charge in [-0.25, -0.2) is 23.2 Å². The van der Waals surface area contributed by atoms with E-state index in [2.05, 4.69) is 22.9 Å². The van der Waals surface area contributed by atoms with Gasteiger partial charge in [-0.15, -0.1) is 11.3 Å². The summed E-state index contributed by atoms with van der Waals surface area (Å²) >= 11 is 1.17.